The Balaban J connectivity index is 1.94. The fourth-order valence-corrected chi connectivity index (χ4v) is 3.53. The molecule has 3 rings (SSSR count). The van der Waals surface area contributed by atoms with Gasteiger partial charge >= 0.3 is 0 Å². The number of aromatic nitrogens is 2. The molecule has 1 aliphatic rings. The average molecular weight is 409 g/mol. The Kier molecular flexibility index (Phi) is 5.84. The van der Waals surface area contributed by atoms with E-state index < -0.39 is 0 Å². The minimum absolute atomic E-state index is 0.0242. The van der Waals surface area contributed by atoms with Crippen LogP contribution in [-0.2, 0) is 12.0 Å². The summed E-state index contributed by atoms with van der Waals surface area (Å²) in [6, 6.07) is 7.32. The first-order valence-electron chi connectivity index (χ1n) is 9.15. The zero-order valence-corrected chi connectivity index (χ0v) is 17.8. The van der Waals surface area contributed by atoms with Crippen molar-refractivity contribution in [3.8, 4) is 0 Å². The normalized spacial score (nSPS) is 16.0. The third kappa shape index (κ3) is 4.65. The molecule has 7 heteroatoms. The Labute approximate surface area is 170 Å². The van der Waals surface area contributed by atoms with E-state index in [1.54, 1.807) is 16.8 Å². The molecular weight excluding hydrogens is 383 g/mol. The second kappa shape index (κ2) is 7.82. The van der Waals surface area contributed by atoms with Crippen molar-refractivity contribution in [2.75, 3.05) is 33.2 Å². The Morgan fingerprint density at radius 1 is 1.11 bits per heavy atom. The van der Waals surface area contributed by atoms with Gasteiger partial charge in [-0.05, 0) is 30.8 Å². The summed E-state index contributed by atoms with van der Waals surface area (Å²) < 4.78 is 1.77. The van der Waals surface area contributed by atoms with Gasteiger partial charge in [0.1, 0.15) is 5.69 Å². The van der Waals surface area contributed by atoms with Crippen LogP contribution in [0, 0.1) is 0 Å². The van der Waals surface area contributed by atoms with Crippen LogP contribution in [0.1, 0.15) is 42.5 Å². The van der Waals surface area contributed by atoms with Crippen LogP contribution in [0.4, 0.5) is 0 Å². The molecule has 2 aromatic rings. The quantitative estimate of drug-likeness (QED) is 0.772. The molecule has 1 saturated heterocycles. The molecule has 0 N–H and O–H groups in total. The fourth-order valence-electron chi connectivity index (χ4n) is 3.06. The van der Waals surface area contributed by atoms with E-state index in [2.05, 4.69) is 32.7 Å². The molecule has 0 radical (unpaired) electrons. The van der Waals surface area contributed by atoms with Crippen molar-refractivity contribution in [2.24, 2.45) is 0 Å². The molecule has 0 unspecified atom stereocenters. The number of piperazine rings is 1. The fraction of sp³-hybridized carbons (Fsp3) is 0.500. The molecule has 27 heavy (non-hydrogen) atoms. The number of hydrogen-bond acceptors (Lipinski definition) is 3. The maximum Gasteiger partial charge on any atom is 0.272 e. The van der Waals surface area contributed by atoms with Crippen LogP contribution < -0.4 is 0 Å². The maximum atomic E-state index is 13.2. The summed E-state index contributed by atoms with van der Waals surface area (Å²) in [4.78, 5) is 17.3. The van der Waals surface area contributed by atoms with Gasteiger partial charge in [-0.25, -0.2) is 0 Å². The van der Waals surface area contributed by atoms with Gasteiger partial charge in [0.25, 0.3) is 5.91 Å². The van der Waals surface area contributed by atoms with Crippen LogP contribution in [0.25, 0.3) is 0 Å². The van der Waals surface area contributed by atoms with Gasteiger partial charge in [-0.1, -0.05) is 50.0 Å². The van der Waals surface area contributed by atoms with E-state index in [-0.39, 0.29) is 11.3 Å². The highest BCUT2D eigenvalue weighted by Gasteiger charge is 2.27. The minimum Gasteiger partial charge on any atom is -0.335 e. The van der Waals surface area contributed by atoms with Crippen LogP contribution in [0.2, 0.25) is 10.0 Å². The van der Waals surface area contributed by atoms with Crippen molar-refractivity contribution in [3.63, 3.8) is 0 Å². The summed E-state index contributed by atoms with van der Waals surface area (Å²) in [6.07, 6.45) is 0. The first kappa shape index (κ1) is 20.2. The molecule has 0 aliphatic carbocycles. The minimum atomic E-state index is -0.147. The molecule has 1 aromatic heterocycles. The molecule has 146 valence electrons. The third-order valence-corrected chi connectivity index (χ3v) is 5.48. The second-order valence-corrected chi connectivity index (χ2v) is 9.00. The maximum absolute atomic E-state index is 13.2. The highest BCUT2D eigenvalue weighted by Crippen LogP contribution is 2.26. The summed E-state index contributed by atoms with van der Waals surface area (Å²) >= 11 is 12.4. The van der Waals surface area contributed by atoms with E-state index in [4.69, 9.17) is 28.3 Å². The van der Waals surface area contributed by atoms with Gasteiger partial charge in [0.2, 0.25) is 0 Å². The number of hydrogen-bond donors (Lipinski definition) is 0. The van der Waals surface area contributed by atoms with Crippen molar-refractivity contribution >= 4 is 29.1 Å². The molecule has 1 aromatic carbocycles. The van der Waals surface area contributed by atoms with Gasteiger partial charge in [0, 0.05) is 41.6 Å². The molecule has 1 aliphatic heterocycles. The van der Waals surface area contributed by atoms with Crippen molar-refractivity contribution in [3.05, 3.63) is 51.3 Å². The number of amides is 1. The van der Waals surface area contributed by atoms with Gasteiger partial charge in [-0.3, -0.25) is 9.48 Å². The van der Waals surface area contributed by atoms with Crippen LogP contribution in [0.3, 0.4) is 0 Å². The summed E-state index contributed by atoms with van der Waals surface area (Å²) in [5, 5.41) is 5.91. The molecule has 0 spiro atoms. The Bertz CT molecular complexity index is 833. The largest absolute Gasteiger partial charge is 0.335 e. The standard InChI is InChI=1S/C20H26Cl2N4O/c1-20(2,3)18-12-17(19(27)25-9-7-24(4)8-10-25)26(23-18)13-14-5-6-15(21)11-16(14)22/h5-6,11-12H,7-10,13H2,1-4H3. The van der Waals surface area contributed by atoms with Crippen molar-refractivity contribution in [2.45, 2.75) is 32.7 Å². The van der Waals surface area contributed by atoms with Crippen molar-refractivity contribution < 1.29 is 4.79 Å². The Morgan fingerprint density at radius 3 is 2.37 bits per heavy atom. The van der Waals surface area contributed by atoms with Crippen molar-refractivity contribution in [1.29, 1.82) is 0 Å². The summed E-state index contributed by atoms with van der Waals surface area (Å²) in [5.74, 6) is 0.0242. The van der Waals surface area contributed by atoms with Crippen LogP contribution in [0.15, 0.2) is 24.3 Å². The number of benzene rings is 1. The van der Waals surface area contributed by atoms with E-state index in [1.165, 1.54) is 0 Å². The van der Waals surface area contributed by atoms with Crippen LogP contribution in [0.5, 0.6) is 0 Å². The topological polar surface area (TPSA) is 41.4 Å². The Morgan fingerprint density at radius 2 is 1.78 bits per heavy atom. The molecule has 1 amide bonds. The summed E-state index contributed by atoms with van der Waals surface area (Å²) in [7, 11) is 2.08. The molecule has 0 saturated carbocycles. The molecule has 0 atom stereocenters. The predicted molar refractivity (Wildman–Crippen MR) is 110 cm³/mol. The smallest absolute Gasteiger partial charge is 0.272 e. The Hall–Kier alpha value is -1.56. The van der Waals surface area contributed by atoms with E-state index in [0.29, 0.717) is 22.3 Å². The monoisotopic (exact) mass is 408 g/mol. The number of rotatable bonds is 3. The molecule has 1 fully saturated rings. The van der Waals surface area contributed by atoms with Crippen LogP contribution >= 0.6 is 23.2 Å². The first-order valence-corrected chi connectivity index (χ1v) is 9.91. The van der Waals surface area contributed by atoms with Crippen LogP contribution in [-0.4, -0.2) is 58.7 Å². The van der Waals surface area contributed by atoms with Crippen molar-refractivity contribution in [1.82, 2.24) is 19.6 Å². The van der Waals surface area contributed by atoms with Gasteiger partial charge in [0.15, 0.2) is 0 Å². The summed E-state index contributed by atoms with van der Waals surface area (Å²) in [6.45, 7) is 9.95. The van der Waals surface area contributed by atoms with E-state index in [0.717, 1.165) is 37.4 Å². The highest BCUT2D eigenvalue weighted by molar-refractivity contribution is 6.35. The molecule has 2 heterocycles. The molecule has 5 nitrogen and oxygen atoms in total. The zero-order valence-electron chi connectivity index (χ0n) is 16.3. The van der Waals surface area contributed by atoms with Gasteiger partial charge < -0.3 is 9.80 Å². The van der Waals surface area contributed by atoms with E-state index >= 15 is 0 Å². The number of carbonyl (C=O) groups excluding carboxylic acids is 1. The average Bonchev–Trinajstić information content (AvgIpc) is 3.02. The highest BCUT2D eigenvalue weighted by atomic mass is 35.5. The lowest BCUT2D eigenvalue weighted by Crippen LogP contribution is -2.47. The summed E-state index contributed by atoms with van der Waals surface area (Å²) in [5.41, 5.74) is 2.24. The lowest BCUT2D eigenvalue weighted by Gasteiger charge is -2.32. The van der Waals surface area contributed by atoms with Gasteiger partial charge in [0.05, 0.1) is 12.2 Å². The molecular formula is C20H26Cl2N4O. The van der Waals surface area contributed by atoms with Gasteiger partial charge in [-0.15, -0.1) is 0 Å². The van der Waals surface area contributed by atoms with E-state index in [9.17, 15) is 4.79 Å². The number of nitrogens with zero attached hydrogens (tertiary/aromatic N) is 4. The lowest BCUT2D eigenvalue weighted by atomic mass is 9.92. The number of likely N-dealkylation sites (N-methyl/N-ethyl adjacent to an activating group) is 1. The lowest BCUT2D eigenvalue weighted by molar-refractivity contribution is 0.0652. The number of halogens is 2. The SMILES string of the molecule is CN1CCN(C(=O)c2cc(C(C)(C)C)nn2Cc2ccc(Cl)cc2Cl)CC1. The molecule has 0 bridgehead atoms. The van der Waals surface area contributed by atoms with E-state index in [1.807, 2.05) is 17.0 Å². The predicted octanol–water partition coefficient (Wildman–Crippen LogP) is 3.92. The first-order chi connectivity index (χ1) is 12.6. The van der Waals surface area contributed by atoms with Gasteiger partial charge in [-0.2, -0.15) is 5.10 Å². The zero-order chi connectivity index (χ0) is 19.8. The second-order valence-electron chi connectivity index (χ2n) is 8.15. The number of carbonyl (C=O) groups is 1. The third-order valence-electron chi connectivity index (χ3n) is 4.89.